The first-order valence-electron chi connectivity index (χ1n) is 5.71. The third kappa shape index (κ3) is 1.60. The zero-order valence-electron chi connectivity index (χ0n) is 9.12. The maximum atomic E-state index is 11.4. The monoisotopic (exact) mass is 196 g/mol. The van der Waals surface area contributed by atoms with E-state index < -0.39 is 0 Å². The molecule has 2 rings (SSSR count). The highest BCUT2D eigenvalue weighted by Crippen LogP contribution is 2.51. The van der Waals surface area contributed by atoms with Crippen molar-refractivity contribution in [2.24, 2.45) is 17.3 Å². The average Bonchev–Trinajstić information content (AvgIpc) is 2.07. The molecular formula is C12H20O2. The van der Waals surface area contributed by atoms with Crippen molar-refractivity contribution in [1.29, 1.82) is 0 Å². The molecule has 2 heteroatoms. The van der Waals surface area contributed by atoms with Crippen LogP contribution in [-0.2, 0) is 4.79 Å². The largest absolute Gasteiger partial charge is 0.393 e. The molecule has 0 aromatic carbocycles. The number of fused-ring (bicyclic) bond motifs is 1. The summed E-state index contributed by atoms with van der Waals surface area (Å²) in [7, 11) is 0. The van der Waals surface area contributed by atoms with Crippen molar-refractivity contribution >= 4 is 5.78 Å². The van der Waals surface area contributed by atoms with Crippen molar-refractivity contribution in [3.63, 3.8) is 0 Å². The van der Waals surface area contributed by atoms with Crippen LogP contribution in [0.3, 0.4) is 0 Å². The van der Waals surface area contributed by atoms with Crippen LogP contribution in [0.5, 0.6) is 0 Å². The van der Waals surface area contributed by atoms with Crippen LogP contribution in [0.4, 0.5) is 0 Å². The number of carbonyl (C=O) groups is 1. The zero-order valence-corrected chi connectivity index (χ0v) is 9.12. The third-order valence-electron chi connectivity index (χ3n) is 4.35. The molecule has 0 spiro atoms. The second kappa shape index (κ2) is 3.34. The number of hydrogen-bond donors (Lipinski definition) is 1. The Hall–Kier alpha value is -0.370. The molecule has 2 nitrogen and oxygen atoms in total. The molecule has 1 N–H and O–H groups in total. The molecule has 0 heterocycles. The van der Waals surface area contributed by atoms with Crippen molar-refractivity contribution < 1.29 is 9.90 Å². The quantitative estimate of drug-likeness (QED) is 0.644. The first-order valence-corrected chi connectivity index (χ1v) is 5.71. The van der Waals surface area contributed by atoms with Gasteiger partial charge in [0, 0.05) is 12.8 Å². The van der Waals surface area contributed by atoms with Gasteiger partial charge in [-0.25, -0.2) is 0 Å². The summed E-state index contributed by atoms with van der Waals surface area (Å²) in [4.78, 5) is 11.4. The van der Waals surface area contributed by atoms with E-state index in [1.54, 1.807) is 0 Å². The van der Waals surface area contributed by atoms with Gasteiger partial charge in [-0.15, -0.1) is 0 Å². The Kier molecular flexibility index (Phi) is 2.42. The number of Topliss-reactive ketones (excluding diaryl/α,β-unsaturated/α-hetero) is 1. The highest BCUT2D eigenvalue weighted by Gasteiger charge is 2.46. The lowest BCUT2D eigenvalue weighted by Gasteiger charge is -2.49. The minimum atomic E-state index is -0.139. The number of carbonyl (C=O) groups excluding carboxylic acids is 1. The van der Waals surface area contributed by atoms with E-state index >= 15 is 0 Å². The van der Waals surface area contributed by atoms with Gasteiger partial charge in [0.1, 0.15) is 5.78 Å². The molecule has 4 atom stereocenters. The first-order chi connectivity index (χ1) is 6.51. The first kappa shape index (κ1) is 10.2. The summed E-state index contributed by atoms with van der Waals surface area (Å²) in [6.45, 7) is 4.44. The van der Waals surface area contributed by atoms with Crippen LogP contribution >= 0.6 is 0 Å². The fourth-order valence-corrected chi connectivity index (χ4v) is 3.56. The number of aliphatic hydroxyl groups is 1. The fourth-order valence-electron chi connectivity index (χ4n) is 3.56. The SMILES string of the molecule is C[C@H]1C[C@@H](O)C[C@@]2(C)CCC(=O)C[C@H]12. The van der Waals surface area contributed by atoms with E-state index in [0.717, 1.165) is 32.1 Å². The molecule has 2 saturated carbocycles. The van der Waals surface area contributed by atoms with Crippen molar-refractivity contribution in [2.75, 3.05) is 0 Å². The Morgan fingerprint density at radius 3 is 2.93 bits per heavy atom. The van der Waals surface area contributed by atoms with Crippen LogP contribution in [0.2, 0.25) is 0 Å². The van der Waals surface area contributed by atoms with E-state index in [2.05, 4.69) is 13.8 Å². The Labute approximate surface area is 85.7 Å². The molecule has 14 heavy (non-hydrogen) atoms. The summed E-state index contributed by atoms with van der Waals surface area (Å²) in [5.41, 5.74) is 0.227. The molecule has 0 bridgehead atoms. The van der Waals surface area contributed by atoms with Gasteiger partial charge >= 0.3 is 0 Å². The summed E-state index contributed by atoms with van der Waals surface area (Å²) in [6, 6.07) is 0. The predicted molar refractivity (Wildman–Crippen MR) is 54.9 cm³/mol. The smallest absolute Gasteiger partial charge is 0.133 e. The molecule has 0 unspecified atom stereocenters. The van der Waals surface area contributed by atoms with E-state index in [1.807, 2.05) is 0 Å². The second-order valence-electron chi connectivity index (χ2n) is 5.57. The number of ketones is 1. The fraction of sp³-hybridized carbons (Fsp3) is 0.917. The van der Waals surface area contributed by atoms with Crippen molar-refractivity contribution in [3.05, 3.63) is 0 Å². The lowest BCUT2D eigenvalue weighted by Crippen LogP contribution is -2.45. The van der Waals surface area contributed by atoms with Crippen molar-refractivity contribution in [1.82, 2.24) is 0 Å². The van der Waals surface area contributed by atoms with Gasteiger partial charge in [-0.05, 0) is 36.5 Å². The molecule has 0 aromatic rings. The van der Waals surface area contributed by atoms with E-state index in [4.69, 9.17) is 0 Å². The minimum Gasteiger partial charge on any atom is -0.393 e. The summed E-state index contributed by atoms with van der Waals surface area (Å²) in [5.74, 6) is 1.45. The summed E-state index contributed by atoms with van der Waals surface area (Å²) in [6.07, 6.45) is 4.11. The standard InChI is InChI=1S/C12H20O2/c1-8-5-10(14)7-12(2)4-3-9(13)6-11(8)12/h8,10-11,14H,3-7H2,1-2H3/t8-,10+,11+,12+/m0/s1. The summed E-state index contributed by atoms with van der Waals surface area (Å²) in [5, 5.41) is 9.76. The maximum Gasteiger partial charge on any atom is 0.133 e. The van der Waals surface area contributed by atoms with E-state index in [0.29, 0.717) is 17.6 Å². The van der Waals surface area contributed by atoms with E-state index in [1.165, 1.54) is 0 Å². The van der Waals surface area contributed by atoms with Crippen molar-refractivity contribution in [3.8, 4) is 0 Å². The molecule has 0 aromatic heterocycles. The van der Waals surface area contributed by atoms with Crippen LogP contribution in [-0.4, -0.2) is 17.0 Å². The minimum absolute atomic E-state index is 0.139. The third-order valence-corrected chi connectivity index (χ3v) is 4.35. The van der Waals surface area contributed by atoms with Gasteiger partial charge < -0.3 is 5.11 Å². The maximum absolute atomic E-state index is 11.4. The lowest BCUT2D eigenvalue weighted by molar-refractivity contribution is -0.130. The number of aliphatic hydroxyl groups excluding tert-OH is 1. The second-order valence-corrected chi connectivity index (χ2v) is 5.57. The highest BCUT2D eigenvalue weighted by atomic mass is 16.3. The molecule has 0 radical (unpaired) electrons. The summed E-state index contributed by atoms with van der Waals surface area (Å²) >= 11 is 0. The van der Waals surface area contributed by atoms with Gasteiger partial charge in [-0.2, -0.15) is 0 Å². The molecule has 0 saturated heterocycles. The van der Waals surface area contributed by atoms with Crippen molar-refractivity contribution in [2.45, 2.75) is 52.1 Å². The van der Waals surface area contributed by atoms with Gasteiger partial charge in [0.2, 0.25) is 0 Å². The van der Waals surface area contributed by atoms with Crippen LogP contribution in [0.1, 0.15) is 46.0 Å². The van der Waals surface area contributed by atoms with Gasteiger partial charge in [-0.1, -0.05) is 13.8 Å². The molecule has 2 aliphatic rings. The normalized spacial score (nSPS) is 48.8. The van der Waals surface area contributed by atoms with Crippen LogP contribution < -0.4 is 0 Å². The predicted octanol–water partition coefficient (Wildman–Crippen LogP) is 2.15. The van der Waals surface area contributed by atoms with Crippen LogP contribution in [0.15, 0.2) is 0 Å². The molecule has 0 amide bonds. The van der Waals surface area contributed by atoms with Gasteiger partial charge in [0.05, 0.1) is 6.10 Å². The van der Waals surface area contributed by atoms with Gasteiger partial charge in [0.25, 0.3) is 0 Å². The Morgan fingerprint density at radius 2 is 2.21 bits per heavy atom. The van der Waals surface area contributed by atoms with E-state index in [-0.39, 0.29) is 11.5 Å². The lowest BCUT2D eigenvalue weighted by atomic mass is 9.56. The van der Waals surface area contributed by atoms with E-state index in [9.17, 15) is 9.90 Å². The van der Waals surface area contributed by atoms with Crippen LogP contribution in [0.25, 0.3) is 0 Å². The molecule has 2 aliphatic carbocycles. The Balaban J connectivity index is 2.19. The molecule has 0 aliphatic heterocycles. The van der Waals surface area contributed by atoms with Crippen LogP contribution in [0, 0.1) is 17.3 Å². The Morgan fingerprint density at radius 1 is 1.50 bits per heavy atom. The average molecular weight is 196 g/mol. The van der Waals surface area contributed by atoms with Gasteiger partial charge in [-0.3, -0.25) is 4.79 Å². The number of rotatable bonds is 0. The zero-order chi connectivity index (χ0) is 10.3. The Bertz CT molecular complexity index is 249. The highest BCUT2D eigenvalue weighted by molar-refractivity contribution is 5.79. The molecular weight excluding hydrogens is 176 g/mol. The molecule has 2 fully saturated rings. The molecule has 80 valence electrons. The number of hydrogen-bond acceptors (Lipinski definition) is 2. The van der Waals surface area contributed by atoms with Gasteiger partial charge in [0.15, 0.2) is 0 Å². The topological polar surface area (TPSA) is 37.3 Å². The summed E-state index contributed by atoms with van der Waals surface area (Å²) < 4.78 is 0.